The lowest BCUT2D eigenvalue weighted by atomic mass is 10.1. The van der Waals surface area contributed by atoms with Crippen LogP contribution < -0.4 is 15.8 Å². The largest absolute Gasteiger partial charge is 0.492 e. The van der Waals surface area contributed by atoms with Crippen molar-refractivity contribution < 1.29 is 4.74 Å². The summed E-state index contributed by atoms with van der Waals surface area (Å²) in [6.45, 7) is 6.11. The van der Waals surface area contributed by atoms with Gasteiger partial charge < -0.3 is 20.7 Å². The van der Waals surface area contributed by atoms with Gasteiger partial charge in [-0.25, -0.2) is 4.99 Å². The van der Waals surface area contributed by atoms with Crippen molar-refractivity contribution in [1.29, 1.82) is 0 Å². The van der Waals surface area contributed by atoms with Gasteiger partial charge in [-0.1, -0.05) is 24.3 Å². The molecule has 142 valence electrons. The summed E-state index contributed by atoms with van der Waals surface area (Å²) in [4.78, 5) is 6.54. The Bertz CT molecular complexity index is 711. The molecule has 5 nitrogen and oxygen atoms in total. The number of aliphatic imine (C=N–C) groups is 1. The van der Waals surface area contributed by atoms with E-state index >= 15 is 0 Å². The number of rotatable bonds is 7. The number of benzene rings is 2. The molecule has 0 heterocycles. The van der Waals surface area contributed by atoms with Crippen LogP contribution in [0.15, 0.2) is 47.5 Å². The van der Waals surface area contributed by atoms with Crippen molar-refractivity contribution in [3.63, 3.8) is 0 Å². The van der Waals surface area contributed by atoms with Gasteiger partial charge >= 0.3 is 0 Å². The number of halogens is 1. The third-order valence-corrected chi connectivity index (χ3v) is 3.68. The SMILES string of the molecule is Cc1cc(C)cc(NC(N)=NCc2ccccc2OCCN(C)C)c1.I. The fraction of sp³-hybridized carbons (Fsp3) is 0.350. The molecule has 0 aromatic heterocycles. The zero-order valence-corrected chi connectivity index (χ0v) is 18.3. The lowest BCUT2D eigenvalue weighted by Gasteiger charge is -2.13. The molecule has 0 amide bonds. The van der Waals surface area contributed by atoms with Crippen molar-refractivity contribution in [3.8, 4) is 5.75 Å². The minimum Gasteiger partial charge on any atom is -0.492 e. The Labute approximate surface area is 173 Å². The number of likely N-dealkylation sites (N-methyl/N-ethyl adjacent to an activating group) is 1. The second kappa shape index (κ2) is 11.0. The Morgan fingerprint density at radius 1 is 1.12 bits per heavy atom. The molecule has 0 atom stereocenters. The number of guanidine groups is 1. The summed E-state index contributed by atoms with van der Waals surface area (Å²) >= 11 is 0. The van der Waals surface area contributed by atoms with Gasteiger partial charge in [0.1, 0.15) is 12.4 Å². The Morgan fingerprint density at radius 2 is 1.77 bits per heavy atom. The lowest BCUT2D eigenvalue weighted by Crippen LogP contribution is -2.23. The zero-order valence-electron chi connectivity index (χ0n) is 16.0. The van der Waals surface area contributed by atoms with Crippen LogP contribution >= 0.6 is 24.0 Å². The number of ether oxygens (including phenoxy) is 1. The standard InChI is InChI=1S/C20H28N4O.HI/c1-15-11-16(2)13-18(12-15)23-20(21)22-14-17-7-5-6-8-19(17)25-10-9-24(3)4;/h5-8,11-13H,9-10,14H2,1-4H3,(H3,21,22,23);1H. The van der Waals surface area contributed by atoms with E-state index in [9.17, 15) is 0 Å². The van der Waals surface area contributed by atoms with Crippen LogP contribution in [0.2, 0.25) is 0 Å². The molecular formula is C20H29IN4O. The molecule has 6 heteroatoms. The smallest absolute Gasteiger partial charge is 0.193 e. The average Bonchev–Trinajstić information content (AvgIpc) is 2.52. The summed E-state index contributed by atoms with van der Waals surface area (Å²) in [5.41, 5.74) is 10.4. The quantitative estimate of drug-likeness (QED) is 0.369. The number of nitrogens with one attached hydrogen (secondary N) is 1. The zero-order chi connectivity index (χ0) is 18.2. The van der Waals surface area contributed by atoms with E-state index in [-0.39, 0.29) is 24.0 Å². The van der Waals surface area contributed by atoms with Gasteiger partial charge in [-0.05, 0) is 57.3 Å². The van der Waals surface area contributed by atoms with Gasteiger partial charge in [-0.15, -0.1) is 24.0 Å². The van der Waals surface area contributed by atoms with E-state index in [2.05, 4.69) is 35.1 Å². The summed E-state index contributed by atoms with van der Waals surface area (Å²) in [6.07, 6.45) is 0. The molecule has 0 aliphatic carbocycles. The van der Waals surface area contributed by atoms with E-state index < -0.39 is 0 Å². The molecule has 0 unspecified atom stereocenters. The Hall–Kier alpha value is -1.80. The van der Waals surface area contributed by atoms with Gasteiger partial charge in [-0.2, -0.15) is 0 Å². The third-order valence-electron chi connectivity index (χ3n) is 3.68. The first-order valence-corrected chi connectivity index (χ1v) is 8.44. The van der Waals surface area contributed by atoms with Crippen LogP contribution in [0.3, 0.4) is 0 Å². The highest BCUT2D eigenvalue weighted by molar-refractivity contribution is 14.0. The van der Waals surface area contributed by atoms with E-state index in [1.165, 1.54) is 11.1 Å². The fourth-order valence-electron chi connectivity index (χ4n) is 2.52. The highest BCUT2D eigenvalue weighted by atomic mass is 127. The number of hydrogen-bond acceptors (Lipinski definition) is 3. The van der Waals surface area contributed by atoms with Crippen molar-refractivity contribution in [2.24, 2.45) is 10.7 Å². The van der Waals surface area contributed by atoms with Crippen molar-refractivity contribution in [3.05, 3.63) is 59.2 Å². The Kier molecular flexibility index (Phi) is 9.43. The van der Waals surface area contributed by atoms with Crippen LogP contribution in [-0.4, -0.2) is 38.1 Å². The van der Waals surface area contributed by atoms with Crippen molar-refractivity contribution in [2.45, 2.75) is 20.4 Å². The highest BCUT2D eigenvalue weighted by Crippen LogP contribution is 2.19. The van der Waals surface area contributed by atoms with Crippen molar-refractivity contribution in [2.75, 3.05) is 32.6 Å². The normalized spacial score (nSPS) is 11.2. The maximum atomic E-state index is 6.04. The maximum absolute atomic E-state index is 6.04. The van der Waals surface area contributed by atoms with Crippen molar-refractivity contribution >= 4 is 35.6 Å². The number of anilines is 1. The molecule has 0 spiro atoms. The molecule has 3 N–H and O–H groups in total. The molecule has 0 aliphatic heterocycles. The predicted molar refractivity (Wildman–Crippen MR) is 121 cm³/mol. The van der Waals surface area contributed by atoms with E-state index in [4.69, 9.17) is 10.5 Å². The molecule has 26 heavy (non-hydrogen) atoms. The second-order valence-electron chi connectivity index (χ2n) is 6.46. The van der Waals surface area contributed by atoms with Crippen LogP contribution in [-0.2, 0) is 6.54 Å². The van der Waals surface area contributed by atoms with Crippen LogP contribution in [0, 0.1) is 13.8 Å². The topological polar surface area (TPSA) is 62.9 Å². The first kappa shape index (κ1) is 22.2. The summed E-state index contributed by atoms with van der Waals surface area (Å²) in [5, 5.41) is 3.15. The van der Waals surface area contributed by atoms with Crippen LogP contribution in [0.1, 0.15) is 16.7 Å². The first-order chi connectivity index (χ1) is 11.9. The van der Waals surface area contributed by atoms with Gasteiger partial charge in [0.05, 0.1) is 6.54 Å². The molecule has 0 aliphatic rings. The molecule has 0 saturated heterocycles. The first-order valence-electron chi connectivity index (χ1n) is 8.44. The number of para-hydroxylation sites is 1. The number of nitrogens with zero attached hydrogens (tertiary/aromatic N) is 2. The van der Waals surface area contributed by atoms with Gasteiger partial charge in [0, 0.05) is 17.8 Å². The van der Waals surface area contributed by atoms with Gasteiger partial charge in [0.25, 0.3) is 0 Å². The van der Waals surface area contributed by atoms with Crippen LogP contribution in [0.4, 0.5) is 5.69 Å². The van der Waals surface area contributed by atoms with Crippen LogP contribution in [0.25, 0.3) is 0 Å². The van der Waals surface area contributed by atoms with E-state index in [0.29, 0.717) is 19.1 Å². The minimum atomic E-state index is 0. The molecule has 2 aromatic carbocycles. The number of nitrogens with two attached hydrogens (primary N) is 1. The molecule has 2 aromatic rings. The Balaban J connectivity index is 0.00000338. The van der Waals surface area contributed by atoms with E-state index in [0.717, 1.165) is 23.5 Å². The molecule has 0 bridgehead atoms. The average molecular weight is 468 g/mol. The van der Waals surface area contributed by atoms with Gasteiger partial charge in [0.15, 0.2) is 5.96 Å². The van der Waals surface area contributed by atoms with Crippen molar-refractivity contribution in [1.82, 2.24) is 4.90 Å². The molecule has 0 radical (unpaired) electrons. The van der Waals surface area contributed by atoms with E-state index in [1.54, 1.807) is 0 Å². The Morgan fingerprint density at radius 3 is 2.42 bits per heavy atom. The second-order valence-corrected chi connectivity index (χ2v) is 6.46. The maximum Gasteiger partial charge on any atom is 0.193 e. The fourth-order valence-corrected chi connectivity index (χ4v) is 2.52. The molecular weight excluding hydrogens is 439 g/mol. The third kappa shape index (κ3) is 7.61. The van der Waals surface area contributed by atoms with Gasteiger partial charge in [0.2, 0.25) is 0 Å². The number of aryl methyl sites for hydroxylation is 2. The molecule has 0 saturated carbocycles. The molecule has 2 rings (SSSR count). The van der Waals surface area contributed by atoms with E-state index in [1.807, 2.05) is 50.5 Å². The van der Waals surface area contributed by atoms with Crippen LogP contribution in [0.5, 0.6) is 5.75 Å². The lowest BCUT2D eigenvalue weighted by molar-refractivity contribution is 0.259. The summed E-state index contributed by atoms with van der Waals surface area (Å²) in [6, 6.07) is 14.2. The van der Waals surface area contributed by atoms with Gasteiger partial charge in [-0.3, -0.25) is 0 Å². The monoisotopic (exact) mass is 468 g/mol. The number of hydrogen-bond donors (Lipinski definition) is 2. The summed E-state index contributed by atoms with van der Waals surface area (Å²) in [5.74, 6) is 1.25. The highest BCUT2D eigenvalue weighted by Gasteiger charge is 2.04. The minimum absolute atomic E-state index is 0. The molecule has 0 fully saturated rings. The predicted octanol–water partition coefficient (Wildman–Crippen LogP) is 3.79. The summed E-state index contributed by atoms with van der Waals surface area (Å²) in [7, 11) is 4.05. The summed E-state index contributed by atoms with van der Waals surface area (Å²) < 4.78 is 5.86.